The summed E-state index contributed by atoms with van der Waals surface area (Å²) in [6.07, 6.45) is 5.16. The SMILES string of the molecule is Cl.Nc1ccc(C(=O)N2CC3CCCCC3C2)c(Cl)c1. The van der Waals surface area contributed by atoms with E-state index in [1.807, 2.05) is 4.90 Å². The van der Waals surface area contributed by atoms with Gasteiger partial charge in [-0.05, 0) is 42.9 Å². The molecule has 1 amide bonds. The normalized spacial score (nSPS) is 24.9. The van der Waals surface area contributed by atoms with Crippen molar-refractivity contribution in [1.82, 2.24) is 4.90 Å². The second-order valence-electron chi connectivity index (χ2n) is 5.75. The quantitative estimate of drug-likeness (QED) is 0.805. The number of likely N-dealkylation sites (tertiary alicyclic amines) is 1. The zero-order chi connectivity index (χ0) is 13.4. The largest absolute Gasteiger partial charge is 0.399 e. The molecule has 1 aliphatic heterocycles. The van der Waals surface area contributed by atoms with Gasteiger partial charge in [-0.25, -0.2) is 0 Å². The summed E-state index contributed by atoms with van der Waals surface area (Å²) in [6.45, 7) is 1.79. The Balaban J connectivity index is 0.00000147. The van der Waals surface area contributed by atoms with Crippen molar-refractivity contribution in [3.05, 3.63) is 28.8 Å². The van der Waals surface area contributed by atoms with E-state index in [9.17, 15) is 4.79 Å². The highest BCUT2D eigenvalue weighted by molar-refractivity contribution is 6.34. The van der Waals surface area contributed by atoms with E-state index in [1.54, 1.807) is 18.2 Å². The Hall–Kier alpha value is -0.930. The number of hydrogen-bond acceptors (Lipinski definition) is 2. The summed E-state index contributed by atoms with van der Waals surface area (Å²) in [5, 5.41) is 0.458. The van der Waals surface area contributed by atoms with Gasteiger partial charge in [-0.2, -0.15) is 0 Å². The zero-order valence-corrected chi connectivity index (χ0v) is 12.9. The van der Waals surface area contributed by atoms with E-state index in [4.69, 9.17) is 17.3 Å². The summed E-state index contributed by atoms with van der Waals surface area (Å²) >= 11 is 6.13. The van der Waals surface area contributed by atoms with Crippen molar-refractivity contribution >= 4 is 35.6 Å². The molecular formula is C15H20Cl2N2O. The summed E-state index contributed by atoms with van der Waals surface area (Å²) < 4.78 is 0. The van der Waals surface area contributed by atoms with E-state index in [-0.39, 0.29) is 18.3 Å². The van der Waals surface area contributed by atoms with Crippen LogP contribution in [0.4, 0.5) is 5.69 Å². The summed E-state index contributed by atoms with van der Waals surface area (Å²) in [6, 6.07) is 5.13. The Morgan fingerprint density at radius 1 is 1.20 bits per heavy atom. The molecule has 1 aromatic carbocycles. The first-order valence-electron chi connectivity index (χ1n) is 6.99. The summed E-state index contributed by atoms with van der Waals surface area (Å²) in [5.74, 6) is 1.45. The van der Waals surface area contributed by atoms with E-state index in [1.165, 1.54) is 25.7 Å². The molecule has 2 atom stereocenters. The topological polar surface area (TPSA) is 46.3 Å². The fraction of sp³-hybridized carbons (Fsp3) is 0.533. The highest BCUT2D eigenvalue weighted by Gasteiger charge is 2.36. The number of nitrogen functional groups attached to an aromatic ring is 1. The molecule has 2 unspecified atom stereocenters. The lowest BCUT2D eigenvalue weighted by atomic mass is 9.82. The molecule has 1 saturated heterocycles. The van der Waals surface area contributed by atoms with Crippen molar-refractivity contribution in [2.75, 3.05) is 18.8 Å². The maximum absolute atomic E-state index is 12.5. The maximum atomic E-state index is 12.5. The van der Waals surface area contributed by atoms with Crippen LogP contribution in [0.2, 0.25) is 5.02 Å². The fourth-order valence-corrected chi connectivity index (χ4v) is 3.72. The minimum atomic E-state index is 0. The average molecular weight is 315 g/mol. The molecule has 2 N–H and O–H groups in total. The Kier molecular flexibility index (Phi) is 4.82. The van der Waals surface area contributed by atoms with Gasteiger partial charge in [0.15, 0.2) is 0 Å². The molecule has 2 fully saturated rings. The van der Waals surface area contributed by atoms with E-state index in [0.717, 1.165) is 13.1 Å². The van der Waals surface area contributed by atoms with Crippen LogP contribution in [0.15, 0.2) is 18.2 Å². The van der Waals surface area contributed by atoms with E-state index in [0.29, 0.717) is 28.1 Å². The summed E-state index contributed by atoms with van der Waals surface area (Å²) in [4.78, 5) is 14.5. The Morgan fingerprint density at radius 3 is 2.35 bits per heavy atom. The van der Waals surface area contributed by atoms with Crippen molar-refractivity contribution < 1.29 is 4.79 Å². The molecule has 5 heteroatoms. The van der Waals surface area contributed by atoms with Gasteiger partial charge in [0.25, 0.3) is 5.91 Å². The van der Waals surface area contributed by atoms with Gasteiger partial charge in [0.2, 0.25) is 0 Å². The lowest BCUT2D eigenvalue weighted by Gasteiger charge is -2.22. The third-order valence-electron chi connectivity index (χ3n) is 4.49. The Bertz CT molecular complexity index is 493. The number of amides is 1. The van der Waals surface area contributed by atoms with E-state index >= 15 is 0 Å². The van der Waals surface area contributed by atoms with Crippen molar-refractivity contribution in [2.24, 2.45) is 11.8 Å². The number of anilines is 1. The van der Waals surface area contributed by atoms with Gasteiger partial charge in [-0.3, -0.25) is 4.79 Å². The number of fused-ring (bicyclic) bond motifs is 1. The molecule has 110 valence electrons. The average Bonchev–Trinajstić information content (AvgIpc) is 2.81. The summed E-state index contributed by atoms with van der Waals surface area (Å²) in [5.41, 5.74) is 6.84. The minimum Gasteiger partial charge on any atom is -0.399 e. The smallest absolute Gasteiger partial charge is 0.255 e. The molecule has 1 aromatic rings. The van der Waals surface area contributed by atoms with E-state index in [2.05, 4.69) is 0 Å². The Morgan fingerprint density at radius 2 is 1.80 bits per heavy atom. The van der Waals surface area contributed by atoms with Crippen molar-refractivity contribution in [1.29, 1.82) is 0 Å². The van der Waals surface area contributed by atoms with Gasteiger partial charge in [0, 0.05) is 18.8 Å². The highest BCUT2D eigenvalue weighted by atomic mass is 35.5. The molecule has 0 aromatic heterocycles. The fourth-order valence-electron chi connectivity index (χ4n) is 3.45. The number of benzene rings is 1. The number of rotatable bonds is 1. The Labute approximate surface area is 130 Å². The molecule has 20 heavy (non-hydrogen) atoms. The third-order valence-corrected chi connectivity index (χ3v) is 4.80. The standard InChI is InChI=1S/C15H19ClN2O.ClH/c16-14-7-12(17)5-6-13(14)15(19)18-8-10-3-1-2-4-11(10)9-18;/h5-7,10-11H,1-4,8-9,17H2;1H. The number of hydrogen-bond donors (Lipinski definition) is 1. The van der Waals surface area contributed by atoms with Gasteiger partial charge < -0.3 is 10.6 Å². The van der Waals surface area contributed by atoms with Crippen LogP contribution in [-0.2, 0) is 0 Å². The first-order valence-corrected chi connectivity index (χ1v) is 7.37. The number of carbonyl (C=O) groups is 1. The molecule has 1 saturated carbocycles. The maximum Gasteiger partial charge on any atom is 0.255 e. The van der Waals surface area contributed by atoms with Gasteiger partial charge >= 0.3 is 0 Å². The van der Waals surface area contributed by atoms with Gasteiger partial charge in [-0.1, -0.05) is 24.4 Å². The second kappa shape index (κ2) is 6.23. The van der Waals surface area contributed by atoms with Gasteiger partial charge in [-0.15, -0.1) is 12.4 Å². The van der Waals surface area contributed by atoms with Crippen LogP contribution in [0.25, 0.3) is 0 Å². The van der Waals surface area contributed by atoms with Crippen LogP contribution >= 0.6 is 24.0 Å². The highest BCUT2D eigenvalue weighted by Crippen LogP contribution is 2.37. The molecule has 0 bridgehead atoms. The lowest BCUT2D eigenvalue weighted by Crippen LogP contribution is -2.29. The monoisotopic (exact) mass is 314 g/mol. The molecule has 0 radical (unpaired) electrons. The zero-order valence-electron chi connectivity index (χ0n) is 11.3. The number of nitrogens with two attached hydrogens (primary N) is 1. The van der Waals surface area contributed by atoms with Crippen LogP contribution < -0.4 is 5.73 Å². The third kappa shape index (κ3) is 2.89. The predicted molar refractivity (Wildman–Crippen MR) is 84.5 cm³/mol. The minimum absolute atomic E-state index is 0. The molecule has 1 heterocycles. The second-order valence-corrected chi connectivity index (χ2v) is 6.16. The van der Waals surface area contributed by atoms with Crippen molar-refractivity contribution in [3.63, 3.8) is 0 Å². The molecule has 0 spiro atoms. The van der Waals surface area contributed by atoms with Gasteiger partial charge in [0.05, 0.1) is 10.6 Å². The molecule has 3 nitrogen and oxygen atoms in total. The van der Waals surface area contributed by atoms with Crippen LogP contribution in [0.5, 0.6) is 0 Å². The van der Waals surface area contributed by atoms with Crippen molar-refractivity contribution in [3.8, 4) is 0 Å². The van der Waals surface area contributed by atoms with Crippen LogP contribution in [-0.4, -0.2) is 23.9 Å². The molecular weight excluding hydrogens is 295 g/mol. The first kappa shape index (κ1) is 15.5. The van der Waals surface area contributed by atoms with Gasteiger partial charge in [0.1, 0.15) is 0 Å². The molecule has 2 aliphatic rings. The first-order chi connectivity index (χ1) is 9.15. The van der Waals surface area contributed by atoms with Crippen LogP contribution in [0.3, 0.4) is 0 Å². The van der Waals surface area contributed by atoms with Crippen LogP contribution in [0.1, 0.15) is 36.0 Å². The van der Waals surface area contributed by atoms with Crippen molar-refractivity contribution in [2.45, 2.75) is 25.7 Å². The van der Waals surface area contributed by atoms with Crippen LogP contribution in [0, 0.1) is 11.8 Å². The number of carbonyl (C=O) groups excluding carboxylic acids is 1. The predicted octanol–water partition coefficient (Wildman–Crippen LogP) is 3.61. The lowest BCUT2D eigenvalue weighted by molar-refractivity contribution is 0.0784. The number of halogens is 2. The molecule has 1 aliphatic carbocycles. The number of nitrogens with zero attached hydrogens (tertiary/aromatic N) is 1. The molecule has 3 rings (SSSR count). The summed E-state index contributed by atoms with van der Waals surface area (Å²) in [7, 11) is 0. The van der Waals surface area contributed by atoms with E-state index < -0.39 is 0 Å².